The van der Waals surface area contributed by atoms with E-state index in [0.717, 1.165) is 24.8 Å². The summed E-state index contributed by atoms with van der Waals surface area (Å²) in [4.78, 5) is 14.5. The number of hydrogen-bond donors (Lipinski definition) is 1. The molecule has 26 heavy (non-hydrogen) atoms. The van der Waals surface area contributed by atoms with Gasteiger partial charge in [0.15, 0.2) is 5.78 Å². The van der Waals surface area contributed by atoms with Crippen molar-refractivity contribution in [3.05, 3.63) is 39.8 Å². The van der Waals surface area contributed by atoms with Crippen molar-refractivity contribution in [3.8, 4) is 11.5 Å². The summed E-state index contributed by atoms with van der Waals surface area (Å²) in [5.74, 6) is 1.77. The van der Waals surface area contributed by atoms with E-state index in [1.807, 2.05) is 0 Å². The summed E-state index contributed by atoms with van der Waals surface area (Å²) in [7, 11) is 3.16. The Balaban J connectivity index is 1.99. The van der Waals surface area contributed by atoms with Gasteiger partial charge in [-0.2, -0.15) is 0 Å². The smallest absolute Gasteiger partial charge is 0.196 e. The van der Waals surface area contributed by atoms with Gasteiger partial charge in [0, 0.05) is 16.5 Å². The minimum Gasteiger partial charge on any atom is -0.497 e. The second-order valence-corrected chi connectivity index (χ2v) is 9.12. The molecule has 0 bridgehead atoms. The molecule has 3 rings (SSSR count). The molecule has 0 aliphatic heterocycles. The molecule has 5 heteroatoms. The fourth-order valence-electron chi connectivity index (χ4n) is 3.68. The first-order chi connectivity index (χ1) is 12.2. The van der Waals surface area contributed by atoms with E-state index in [9.17, 15) is 4.79 Å². The van der Waals surface area contributed by atoms with Crippen molar-refractivity contribution in [3.63, 3.8) is 0 Å². The normalized spacial score (nSPS) is 16.9. The quantitative estimate of drug-likeness (QED) is 0.787. The van der Waals surface area contributed by atoms with E-state index in [0.29, 0.717) is 33.5 Å². The van der Waals surface area contributed by atoms with Crippen LogP contribution in [0.1, 0.15) is 53.6 Å². The third kappa shape index (κ3) is 3.45. The number of benzene rings is 1. The molecule has 0 unspecified atom stereocenters. The Hall–Kier alpha value is -2.01. The molecule has 0 fully saturated rings. The largest absolute Gasteiger partial charge is 0.497 e. The van der Waals surface area contributed by atoms with Gasteiger partial charge in [0.25, 0.3) is 0 Å². The second-order valence-electron chi connectivity index (χ2n) is 7.98. The van der Waals surface area contributed by atoms with Crippen LogP contribution in [0, 0.1) is 11.3 Å². The highest BCUT2D eigenvalue weighted by atomic mass is 32.1. The zero-order valence-corrected chi connectivity index (χ0v) is 17.0. The first kappa shape index (κ1) is 18.8. The van der Waals surface area contributed by atoms with Crippen LogP contribution in [0.5, 0.6) is 11.5 Å². The molecule has 1 heterocycles. The molecule has 0 radical (unpaired) electrons. The lowest BCUT2D eigenvalue weighted by Crippen LogP contribution is -2.26. The van der Waals surface area contributed by atoms with Crippen molar-refractivity contribution in [2.45, 2.75) is 40.0 Å². The first-order valence-corrected chi connectivity index (χ1v) is 9.74. The Morgan fingerprint density at radius 1 is 1.15 bits per heavy atom. The molecule has 1 aliphatic carbocycles. The lowest BCUT2D eigenvalue weighted by atomic mass is 9.72. The van der Waals surface area contributed by atoms with Gasteiger partial charge in [-0.25, -0.2) is 0 Å². The number of methoxy groups -OCH3 is 2. The summed E-state index contributed by atoms with van der Waals surface area (Å²) in [5, 5.41) is 0.622. The highest BCUT2D eigenvalue weighted by Crippen LogP contribution is 2.44. The van der Waals surface area contributed by atoms with Gasteiger partial charge in [0.1, 0.15) is 11.5 Å². The summed E-state index contributed by atoms with van der Waals surface area (Å²) >= 11 is 1.57. The number of ether oxygens (including phenoxy) is 2. The van der Waals surface area contributed by atoms with Gasteiger partial charge in [-0.05, 0) is 48.3 Å². The molecule has 140 valence electrons. The lowest BCUT2D eigenvalue weighted by Gasteiger charge is -2.33. The Kier molecular flexibility index (Phi) is 5.02. The molecule has 1 atom stereocenters. The first-order valence-electron chi connectivity index (χ1n) is 8.92. The van der Waals surface area contributed by atoms with Gasteiger partial charge in [-0.3, -0.25) is 4.79 Å². The molecule has 1 aliphatic rings. The van der Waals surface area contributed by atoms with E-state index < -0.39 is 0 Å². The van der Waals surface area contributed by atoms with Gasteiger partial charge in [0.2, 0.25) is 0 Å². The number of ketones is 1. The Bertz CT molecular complexity index is 810. The maximum absolute atomic E-state index is 13.2. The van der Waals surface area contributed by atoms with Crippen molar-refractivity contribution in [1.29, 1.82) is 0 Å². The van der Waals surface area contributed by atoms with Gasteiger partial charge < -0.3 is 15.2 Å². The topological polar surface area (TPSA) is 61.5 Å². The number of hydrogen-bond acceptors (Lipinski definition) is 5. The number of nitrogens with two attached hydrogens (primary N) is 1. The molecule has 0 amide bonds. The second kappa shape index (κ2) is 6.95. The highest BCUT2D eigenvalue weighted by molar-refractivity contribution is 7.16. The molecular weight excluding hydrogens is 346 g/mol. The summed E-state index contributed by atoms with van der Waals surface area (Å²) in [5.41, 5.74) is 8.91. The summed E-state index contributed by atoms with van der Waals surface area (Å²) in [6.45, 7) is 6.86. The predicted molar refractivity (Wildman–Crippen MR) is 107 cm³/mol. The molecule has 1 aromatic heterocycles. The molecule has 0 saturated carbocycles. The highest BCUT2D eigenvalue weighted by Gasteiger charge is 2.33. The van der Waals surface area contributed by atoms with Crippen molar-refractivity contribution in [2.24, 2.45) is 11.3 Å². The minimum atomic E-state index is -0.0496. The van der Waals surface area contributed by atoms with Crippen LogP contribution in [0.3, 0.4) is 0 Å². The minimum absolute atomic E-state index is 0.0496. The van der Waals surface area contributed by atoms with Gasteiger partial charge in [0.05, 0.1) is 24.8 Å². The third-order valence-electron chi connectivity index (χ3n) is 5.36. The summed E-state index contributed by atoms with van der Waals surface area (Å²) in [6, 6.07) is 5.25. The fourth-order valence-corrected chi connectivity index (χ4v) is 4.87. The number of carbonyl (C=O) groups is 1. The summed E-state index contributed by atoms with van der Waals surface area (Å²) in [6.07, 6.45) is 3.00. The standard InChI is InChI=1S/C21H27NO3S/c1-21(2,3)13-6-7-16-17(10-13)26-20(22)18(16)19(23)12-8-14(24-4)11-15(9-12)25-5/h8-9,11,13H,6-7,10,22H2,1-5H3/t13-/m0/s1. The van der Waals surface area contributed by atoms with Gasteiger partial charge in [-0.15, -0.1) is 11.3 Å². The van der Waals surface area contributed by atoms with Crippen LogP contribution in [-0.2, 0) is 12.8 Å². The fraction of sp³-hybridized carbons (Fsp3) is 0.476. The number of rotatable bonds is 4. The Labute approximate surface area is 159 Å². The van der Waals surface area contributed by atoms with Crippen LogP contribution in [0.4, 0.5) is 5.00 Å². The number of thiophene rings is 1. The predicted octanol–water partition coefficient (Wildman–Crippen LogP) is 4.73. The third-order valence-corrected chi connectivity index (χ3v) is 6.44. The molecule has 1 aromatic carbocycles. The molecule has 2 aromatic rings. The number of nitrogen functional groups attached to an aromatic ring is 1. The maximum atomic E-state index is 13.2. The molecule has 2 N–H and O–H groups in total. The van der Waals surface area contributed by atoms with Crippen LogP contribution < -0.4 is 15.2 Å². The average Bonchev–Trinajstić information content (AvgIpc) is 2.94. The zero-order valence-electron chi connectivity index (χ0n) is 16.1. The van der Waals surface area contributed by atoms with E-state index >= 15 is 0 Å². The monoisotopic (exact) mass is 373 g/mol. The van der Waals surface area contributed by atoms with E-state index in [-0.39, 0.29) is 11.2 Å². The molecule has 4 nitrogen and oxygen atoms in total. The van der Waals surface area contributed by atoms with Crippen molar-refractivity contribution in [1.82, 2.24) is 0 Å². The maximum Gasteiger partial charge on any atom is 0.196 e. The van der Waals surface area contributed by atoms with Crippen LogP contribution >= 0.6 is 11.3 Å². The van der Waals surface area contributed by atoms with Crippen LogP contribution in [0.15, 0.2) is 18.2 Å². The number of anilines is 1. The van der Waals surface area contributed by atoms with E-state index in [1.165, 1.54) is 4.88 Å². The van der Waals surface area contributed by atoms with E-state index in [1.54, 1.807) is 43.8 Å². The van der Waals surface area contributed by atoms with Crippen molar-refractivity contribution in [2.75, 3.05) is 20.0 Å². The van der Waals surface area contributed by atoms with Crippen molar-refractivity contribution < 1.29 is 14.3 Å². The van der Waals surface area contributed by atoms with Crippen LogP contribution in [0.2, 0.25) is 0 Å². The Morgan fingerprint density at radius 2 is 1.77 bits per heavy atom. The average molecular weight is 374 g/mol. The Morgan fingerprint density at radius 3 is 2.31 bits per heavy atom. The number of carbonyl (C=O) groups excluding carboxylic acids is 1. The SMILES string of the molecule is COc1cc(OC)cc(C(=O)c2c(N)sc3c2CC[C@H](C(C)(C)C)C3)c1. The lowest BCUT2D eigenvalue weighted by molar-refractivity contribution is 0.103. The zero-order chi connectivity index (χ0) is 19.1. The van der Waals surface area contributed by atoms with Crippen LogP contribution in [0.25, 0.3) is 0 Å². The van der Waals surface area contributed by atoms with Gasteiger partial charge in [-0.1, -0.05) is 20.8 Å². The molecule has 0 spiro atoms. The van der Waals surface area contributed by atoms with Crippen molar-refractivity contribution >= 4 is 22.1 Å². The summed E-state index contributed by atoms with van der Waals surface area (Å²) < 4.78 is 10.6. The van der Waals surface area contributed by atoms with E-state index in [4.69, 9.17) is 15.2 Å². The molecule has 0 saturated heterocycles. The van der Waals surface area contributed by atoms with Crippen LogP contribution in [-0.4, -0.2) is 20.0 Å². The van der Waals surface area contributed by atoms with Gasteiger partial charge >= 0.3 is 0 Å². The number of fused-ring (bicyclic) bond motifs is 1. The van der Waals surface area contributed by atoms with E-state index in [2.05, 4.69) is 20.8 Å². The molecular formula is C21H27NO3S.